The summed E-state index contributed by atoms with van der Waals surface area (Å²) in [7, 11) is 5.29. The Kier molecular flexibility index (Phi) is 2.73. The van der Waals surface area contributed by atoms with Gasteiger partial charge in [0.2, 0.25) is 0 Å². The van der Waals surface area contributed by atoms with Crippen LogP contribution in [-0.2, 0) is 0 Å². The van der Waals surface area contributed by atoms with Gasteiger partial charge in [0.25, 0.3) is 0 Å². The average Bonchev–Trinajstić information content (AvgIpc) is 2.82. The summed E-state index contributed by atoms with van der Waals surface area (Å²) in [5.74, 6) is 0.707. The third-order valence-corrected chi connectivity index (χ3v) is 3.85. The molecule has 0 saturated heterocycles. The van der Waals surface area contributed by atoms with Gasteiger partial charge in [-0.25, -0.2) is 0 Å². The molecule has 0 bridgehead atoms. The van der Waals surface area contributed by atoms with Crippen LogP contribution in [0, 0.1) is 0 Å². The SMILES string of the molecule is [B]Oc1ccccc1-c1bc2ccccc2s1. The number of fused-ring (bicyclic) bond motifs is 1. The molecule has 1 nitrogen and oxygen atoms in total. The first kappa shape index (κ1) is 10.6. The molecule has 0 spiro atoms. The average molecular weight is 234 g/mol. The summed E-state index contributed by atoms with van der Waals surface area (Å²) in [5.41, 5.74) is 1.04. The van der Waals surface area contributed by atoms with Crippen LogP contribution in [0.3, 0.4) is 0 Å². The summed E-state index contributed by atoms with van der Waals surface area (Å²) >= 11 is 1.74. The van der Waals surface area contributed by atoms with Crippen molar-refractivity contribution in [3.63, 3.8) is 0 Å². The molecule has 2 radical (unpaired) electrons. The molecule has 0 saturated carbocycles. The molecule has 2 aromatic carbocycles. The van der Waals surface area contributed by atoms with Gasteiger partial charge in [0.1, 0.15) is 0 Å². The monoisotopic (exact) mass is 234 g/mol. The molecule has 1 aromatic heterocycles. The molecule has 17 heavy (non-hydrogen) atoms. The van der Waals surface area contributed by atoms with Gasteiger partial charge in [0.05, 0.1) is 0 Å². The van der Waals surface area contributed by atoms with E-state index in [9.17, 15) is 0 Å². The van der Waals surface area contributed by atoms with Crippen LogP contribution in [0.4, 0.5) is 0 Å². The van der Waals surface area contributed by atoms with Gasteiger partial charge in [0, 0.05) is 0 Å². The Balaban J connectivity index is 2.20. The van der Waals surface area contributed by atoms with E-state index in [-0.39, 0.29) is 0 Å². The maximum atomic E-state index is 5.29. The minimum absolute atomic E-state index is 0.707. The van der Waals surface area contributed by atoms with Crippen LogP contribution >= 0.6 is 11.3 Å². The summed E-state index contributed by atoms with van der Waals surface area (Å²) in [5, 5.41) is 1.25. The standard InChI is InChI=1S/C13H8B2OS/c14-16-11-7-3-1-5-9(11)13-15-10-6-2-4-8-12(10)17-13/h1-8H. The van der Waals surface area contributed by atoms with Crippen LogP contribution in [-0.4, -0.2) is 15.0 Å². The van der Waals surface area contributed by atoms with Crippen molar-refractivity contribution < 1.29 is 4.65 Å². The molecule has 0 aliphatic rings. The molecule has 0 atom stereocenters. The van der Waals surface area contributed by atoms with E-state index in [1.54, 1.807) is 11.3 Å². The summed E-state index contributed by atoms with van der Waals surface area (Å²) in [6, 6.07) is 16.1. The van der Waals surface area contributed by atoms with Crippen molar-refractivity contribution in [2.45, 2.75) is 0 Å². The van der Waals surface area contributed by atoms with Gasteiger partial charge in [-0.2, -0.15) is 0 Å². The van der Waals surface area contributed by atoms with Crippen molar-refractivity contribution in [3.8, 4) is 16.1 Å². The number of hydrogen-bond acceptors (Lipinski definition) is 2. The number of para-hydroxylation sites is 1. The van der Waals surface area contributed by atoms with Crippen molar-refractivity contribution in [2.75, 3.05) is 0 Å². The second kappa shape index (κ2) is 4.38. The molecular weight excluding hydrogens is 226 g/mol. The van der Waals surface area contributed by atoms with Crippen LogP contribution in [0.5, 0.6) is 5.75 Å². The van der Waals surface area contributed by atoms with Crippen LogP contribution in [0.2, 0.25) is 0 Å². The Morgan fingerprint density at radius 2 is 1.76 bits per heavy atom. The Labute approximate surface area is 106 Å². The van der Waals surface area contributed by atoms with Crippen LogP contribution < -0.4 is 4.65 Å². The zero-order chi connectivity index (χ0) is 11.7. The number of benzene rings is 2. The number of hydrogen-bond donors (Lipinski definition) is 0. The van der Waals surface area contributed by atoms with Crippen molar-refractivity contribution in [2.24, 2.45) is 0 Å². The second-order valence-electron chi connectivity index (χ2n) is 3.76. The van der Waals surface area contributed by atoms with E-state index in [0.717, 1.165) is 5.56 Å². The van der Waals surface area contributed by atoms with Crippen LogP contribution in [0.25, 0.3) is 20.3 Å². The third-order valence-electron chi connectivity index (χ3n) is 2.71. The fraction of sp³-hybridized carbons (Fsp3) is 0. The molecule has 78 valence electrons. The molecule has 0 amide bonds. The summed E-state index contributed by atoms with van der Waals surface area (Å²) < 4.78 is 7.35. The van der Waals surface area contributed by atoms with Crippen molar-refractivity contribution >= 4 is 36.3 Å². The van der Waals surface area contributed by atoms with Crippen molar-refractivity contribution in [1.82, 2.24) is 0 Å². The first-order chi connectivity index (χ1) is 8.38. The second-order valence-corrected chi connectivity index (χ2v) is 4.85. The summed E-state index contributed by atoms with van der Waals surface area (Å²) in [4.78, 5) is 0. The van der Waals surface area contributed by atoms with Gasteiger partial charge in [-0.15, -0.1) is 0 Å². The Morgan fingerprint density at radius 3 is 2.59 bits per heavy atom. The zero-order valence-corrected chi connectivity index (χ0v) is 9.91. The van der Waals surface area contributed by atoms with E-state index >= 15 is 0 Å². The maximum absolute atomic E-state index is 5.29. The van der Waals surface area contributed by atoms with Gasteiger partial charge in [-0.1, -0.05) is 0 Å². The Hall–Kier alpha value is -1.54. The molecule has 0 aliphatic carbocycles. The quantitative estimate of drug-likeness (QED) is 0.617. The predicted octanol–water partition coefficient (Wildman–Crippen LogP) is 3.37. The minimum atomic E-state index is 0.707. The fourth-order valence-electron chi connectivity index (χ4n) is 1.89. The first-order valence-corrected chi connectivity index (χ1v) is 6.15. The zero-order valence-electron chi connectivity index (χ0n) is 9.09. The van der Waals surface area contributed by atoms with Crippen LogP contribution in [0.1, 0.15) is 0 Å². The van der Waals surface area contributed by atoms with E-state index in [1.807, 2.05) is 36.4 Å². The third kappa shape index (κ3) is 1.89. The van der Waals surface area contributed by atoms with E-state index < -0.39 is 0 Å². The molecule has 4 heteroatoms. The van der Waals surface area contributed by atoms with Gasteiger partial charge >= 0.3 is 106 Å². The Morgan fingerprint density at radius 1 is 1.00 bits per heavy atom. The van der Waals surface area contributed by atoms with E-state index in [0.29, 0.717) is 5.75 Å². The topological polar surface area (TPSA) is 9.23 Å². The number of rotatable bonds is 2. The van der Waals surface area contributed by atoms with Gasteiger partial charge in [0.15, 0.2) is 0 Å². The van der Waals surface area contributed by atoms with Gasteiger partial charge in [-0.05, 0) is 0 Å². The van der Waals surface area contributed by atoms with E-state index in [4.69, 9.17) is 12.7 Å². The Bertz CT molecular complexity index is 630. The molecule has 3 rings (SSSR count). The van der Waals surface area contributed by atoms with Crippen molar-refractivity contribution in [3.05, 3.63) is 48.5 Å². The molecule has 0 fully saturated rings. The molecule has 0 unspecified atom stereocenters. The normalized spacial score (nSPS) is 10.4. The van der Waals surface area contributed by atoms with Crippen LogP contribution in [0.15, 0.2) is 48.5 Å². The van der Waals surface area contributed by atoms with E-state index in [1.165, 1.54) is 14.8 Å². The molecule has 3 aromatic rings. The fourth-order valence-corrected chi connectivity index (χ4v) is 2.98. The first-order valence-electron chi connectivity index (χ1n) is 5.33. The summed E-state index contributed by atoms with van der Waals surface area (Å²) in [6.45, 7) is 2.16. The molecular formula is C13H8B2OS. The molecule has 1 heterocycles. The summed E-state index contributed by atoms with van der Waals surface area (Å²) in [6.07, 6.45) is 0. The van der Waals surface area contributed by atoms with Gasteiger partial charge < -0.3 is 0 Å². The molecule has 0 N–H and O–H groups in total. The van der Waals surface area contributed by atoms with Crippen molar-refractivity contribution in [1.29, 1.82) is 0 Å². The van der Waals surface area contributed by atoms with E-state index in [2.05, 4.69) is 19.0 Å². The van der Waals surface area contributed by atoms with Gasteiger partial charge in [-0.3, -0.25) is 0 Å². The molecule has 0 aliphatic heterocycles. The predicted molar refractivity (Wildman–Crippen MR) is 75.0 cm³/mol.